The number of aliphatic imine (C=N–C) groups is 2. The van der Waals surface area contributed by atoms with E-state index in [0.717, 1.165) is 93.2 Å². The topological polar surface area (TPSA) is 144 Å². The van der Waals surface area contributed by atoms with Crippen LogP contribution in [-0.2, 0) is 17.9 Å². The average Bonchev–Trinajstić information content (AvgIpc) is 4.03. The highest BCUT2D eigenvalue weighted by molar-refractivity contribution is 6.16. The van der Waals surface area contributed by atoms with E-state index in [2.05, 4.69) is 55.5 Å². The lowest BCUT2D eigenvalue weighted by Gasteiger charge is -2.36. The molecule has 0 aliphatic carbocycles. The first kappa shape index (κ1) is 35.9. The molecule has 3 aliphatic rings. The van der Waals surface area contributed by atoms with Gasteiger partial charge in [-0.05, 0) is 111 Å². The van der Waals surface area contributed by atoms with E-state index in [1.165, 1.54) is 18.2 Å². The Balaban J connectivity index is 0.000000148. The van der Waals surface area contributed by atoms with Crippen molar-refractivity contribution >= 4 is 56.7 Å². The fraction of sp³-hybridized carbons (Fsp3) is 0.200. The molecule has 2 amide bonds. The van der Waals surface area contributed by atoms with Crippen LogP contribution in [0, 0.1) is 11.2 Å². The average molecular weight is 758 g/mol. The highest BCUT2D eigenvalue weighted by Gasteiger charge is 2.36. The van der Waals surface area contributed by atoms with E-state index >= 15 is 0 Å². The van der Waals surface area contributed by atoms with E-state index in [-0.39, 0.29) is 22.8 Å². The molecule has 12 heteroatoms. The number of benzene rings is 5. The van der Waals surface area contributed by atoms with Crippen molar-refractivity contribution in [3.63, 3.8) is 0 Å². The lowest BCUT2D eigenvalue weighted by Crippen LogP contribution is -2.43. The second kappa shape index (κ2) is 14.7. The number of fused-ring (bicyclic) bond motifs is 4. The number of anilines is 2. The van der Waals surface area contributed by atoms with Crippen LogP contribution in [0.15, 0.2) is 119 Å². The van der Waals surface area contributed by atoms with E-state index in [0.29, 0.717) is 24.6 Å². The van der Waals surface area contributed by atoms with Gasteiger partial charge in [-0.15, -0.1) is 0 Å². The van der Waals surface area contributed by atoms with Crippen molar-refractivity contribution in [1.82, 2.24) is 24.8 Å². The first-order valence-corrected chi connectivity index (χ1v) is 19.0. The largest absolute Gasteiger partial charge is 0.337 e. The fourth-order valence-electron chi connectivity index (χ4n) is 7.51. The quantitative estimate of drug-likeness (QED) is 0.137. The number of rotatable bonds is 6. The molecule has 0 spiro atoms. The number of aromatic amines is 2. The van der Waals surface area contributed by atoms with Crippen LogP contribution < -0.4 is 10.6 Å². The number of para-hydroxylation sites is 4. The number of aromatic nitrogens is 4. The number of halogens is 1. The van der Waals surface area contributed by atoms with Gasteiger partial charge in [-0.1, -0.05) is 49.4 Å². The lowest BCUT2D eigenvalue weighted by molar-refractivity contribution is -0.127. The second-order valence-electron chi connectivity index (χ2n) is 15.1. The van der Waals surface area contributed by atoms with Crippen LogP contribution in [0.2, 0.25) is 0 Å². The maximum atomic E-state index is 13.4. The van der Waals surface area contributed by atoms with Gasteiger partial charge in [0.1, 0.15) is 17.2 Å². The van der Waals surface area contributed by atoms with Gasteiger partial charge >= 0.3 is 0 Å². The van der Waals surface area contributed by atoms with Crippen molar-refractivity contribution < 1.29 is 14.0 Å². The number of carbonyl (C=O) groups excluding carboxylic acids is 2. The van der Waals surface area contributed by atoms with Crippen molar-refractivity contribution in [3.8, 4) is 0 Å². The van der Waals surface area contributed by atoms with E-state index < -0.39 is 5.82 Å². The second-order valence-corrected chi connectivity index (χ2v) is 15.1. The molecule has 10 rings (SSSR count). The fourth-order valence-corrected chi connectivity index (χ4v) is 7.51. The molecule has 0 radical (unpaired) electrons. The van der Waals surface area contributed by atoms with Gasteiger partial charge in [-0.3, -0.25) is 19.6 Å². The zero-order valence-corrected chi connectivity index (χ0v) is 31.6. The Labute approximate surface area is 328 Å². The molecular formula is C45H40FN9O2. The third-order valence-corrected chi connectivity index (χ3v) is 11.0. The molecular weight excluding hydrogens is 718 g/mol. The van der Waals surface area contributed by atoms with Crippen molar-refractivity contribution in [3.05, 3.63) is 154 Å². The van der Waals surface area contributed by atoms with Crippen LogP contribution in [0.3, 0.4) is 0 Å². The molecule has 4 N–H and O–H groups in total. The summed E-state index contributed by atoms with van der Waals surface area (Å²) in [5.41, 5.74) is 11.0. The van der Waals surface area contributed by atoms with E-state index in [9.17, 15) is 14.0 Å². The SMILES string of the molecule is CN1CCC(C)(C(=O)Nc2ccc3c(c2)C(c2nc4ccccc4[nH]2)=NC3)CC1.O=C(Nc1ccc2c(c1)C(c1nc3ccccc3[nH]1)=NC2)c1cccc(F)c1. The van der Waals surface area contributed by atoms with Crippen molar-refractivity contribution in [2.24, 2.45) is 15.4 Å². The molecule has 0 saturated carbocycles. The molecule has 1 saturated heterocycles. The summed E-state index contributed by atoms with van der Waals surface area (Å²) in [7, 11) is 2.11. The molecule has 284 valence electrons. The molecule has 5 heterocycles. The molecule has 0 bridgehead atoms. The summed E-state index contributed by atoms with van der Waals surface area (Å²) in [4.78, 5) is 53.0. The van der Waals surface area contributed by atoms with E-state index in [1.807, 2.05) is 78.9 Å². The minimum atomic E-state index is -0.444. The van der Waals surface area contributed by atoms with Gasteiger partial charge in [-0.2, -0.15) is 0 Å². The molecule has 1 fully saturated rings. The zero-order valence-electron chi connectivity index (χ0n) is 31.6. The summed E-state index contributed by atoms with van der Waals surface area (Å²) in [6.07, 6.45) is 1.76. The van der Waals surface area contributed by atoms with Gasteiger partial charge in [0.05, 0.1) is 35.2 Å². The highest BCUT2D eigenvalue weighted by Crippen LogP contribution is 2.33. The highest BCUT2D eigenvalue weighted by atomic mass is 19.1. The third-order valence-electron chi connectivity index (χ3n) is 11.0. The maximum Gasteiger partial charge on any atom is 0.255 e. The molecule has 0 atom stereocenters. The normalized spacial score (nSPS) is 15.6. The molecule has 11 nitrogen and oxygen atoms in total. The van der Waals surface area contributed by atoms with Gasteiger partial charge in [0.25, 0.3) is 5.91 Å². The first-order valence-electron chi connectivity index (χ1n) is 19.0. The molecule has 0 unspecified atom stereocenters. The van der Waals surface area contributed by atoms with Crippen LogP contribution in [0.1, 0.15) is 64.0 Å². The molecule has 7 aromatic rings. The standard InChI is InChI=1S/C23H25N5O.C22H15FN4O/c1-23(9-11-28(2)12-10-23)22(29)25-16-8-7-15-14-24-20(17(15)13-16)21-26-18-5-3-4-6-19(18)27-21;23-15-5-3-4-13(10-15)22(28)25-16-9-8-14-12-24-20(17(14)11-16)21-26-18-6-1-2-7-19(18)27-21/h3-8,13H,9-12,14H2,1-2H3,(H,25,29)(H,26,27);1-11H,12H2,(H,25,28)(H,26,27). The zero-order chi connectivity index (χ0) is 39.1. The Morgan fingerprint density at radius 3 is 1.77 bits per heavy atom. The molecule has 3 aliphatic heterocycles. The number of H-pyrrole nitrogens is 2. The Hall–Kier alpha value is -6.79. The number of hydrogen-bond donors (Lipinski definition) is 4. The van der Waals surface area contributed by atoms with Crippen LogP contribution in [0.4, 0.5) is 15.8 Å². The number of nitrogens with one attached hydrogen (secondary N) is 4. The van der Waals surface area contributed by atoms with Gasteiger partial charge in [0.15, 0.2) is 11.6 Å². The summed E-state index contributed by atoms with van der Waals surface area (Å²) < 4.78 is 13.4. The Kier molecular flexibility index (Phi) is 9.25. The number of likely N-dealkylation sites (tertiary alicyclic amines) is 1. The van der Waals surface area contributed by atoms with Gasteiger partial charge < -0.3 is 25.5 Å². The predicted molar refractivity (Wildman–Crippen MR) is 222 cm³/mol. The molecule has 57 heavy (non-hydrogen) atoms. The van der Waals surface area contributed by atoms with Crippen molar-refractivity contribution in [2.45, 2.75) is 32.9 Å². The number of hydrogen-bond acceptors (Lipinski definition) is 7. The summed E-state index contributed by atoms with van der Waals surface area (Å²) in [5, 5.41) is 5.97. The monoisotopic (exact) mass is 757 g/mol. The lowest BCUT2D eigenvalue weighted by atomic mass is 9.79. The number of imidazole rings is 2. The van der Waals surface area contributed by atoms with Crippen LogP contribution in [0.25, 0.3) is 22.1 Å². The minimum Gasteiger partial charge on any atom is -0.337 e. The Morgan fingerprint density at radius 2 is 1.23 bits per heavy atom. The maximum absolute atomic E-state index is 13.4. The predicted octanol–water partition coefficient (Wildman–Crippen LogP) is 7.89. The van der Waals surface area contributed by atoms with Crippen molar-refractivity contribution in [1.29, 1.82) is 0 Å². The Morgan fingerprint density at radius 1 is 0.684 bits per heavy atom. The minimum absolute atomic E-state index is 0.103. The first-order chi connectivity index (χ1) is 27.7. The summed E-state index contributed by atoms with van der Waals surface area (Å²) in [5.74, 6) is 0.774. The van der Waals surface area contributed by atoms with E-state index in [4.69, 9.17) is 9.98 Å². The summed E-state index contributed by atoms with van der Waals surface area (Å²) >= 11 is 0. The molecule has 2 aromatic heterocycles. The number of piperidine rings is 1. The van der Waals surface area contributed by atoms with Crippen molar-refractivity contribution in [2.75, 3.05) is 30.8 Å². The number of nitrogens with zero attached hydrogens (tertiary/aromatic N) is 5. The van der Waals surface area contributed by atoms with Crippen LogP contribution >= 0.6 is 0 Å². The Bertz CT molecular complexity index is 2690. The molecule has 5 aromatic carbocycles. The van der Waals surface area contributed by atoms with Gasteiger partial charge in [-0.25, -0.2) is 14.4 Å². The van der Waals surface area contributed by atoms with Crippen LogP contribution in [0.5, 0.6) is 0 Å². The van der Waals surface area contributed by atoms with E-state index in [1.54, 1.807) is 6.07 Å². The van der Waals surface area contributed by atoms with Gasteiger partial charge in [0, 0.05) is 33.5 Å². The van der Waals surface area contributed by atoms with Crippen LogP contribution in [-0.4, -0.2) is 68.2 Å². The summed E-state index contributed by atoms with van der Waals surface area (Å²) in [6, 6.07) is 33.1. The number of carbonyl (C=O) groups is 2. The van der Waals surface area contributed by atoms with Gasteiger partial charge in [0.2, 0.25) is 5.91 Å². The summed E-state index contributed by atoms with van der Waals surface area (Å²) in [6.45, 7) is 5.19. The number of amides is 2. The third kappa shape index (κ3) is 7.22. The smallest absolute Gasteiger partial charge is 0.255 e.